The third-order valence-corrected chi connectivity index (χ3v) is 4.35. The Morgan fingerprint density at radius 3 is 2.70 bits per heavy atom. The van der Waals surface area contributed by atoms with Crippen molar-refractivity contribution in [3.63, 3.8) is 0 Å². The van der Waals surface area contributed by atoms with Crippen molar-refractivity contribution in [2.75, 3.05) is 13.2 Å². The molecule has 20 heavy (non-hydrogen) atoms. The summed E-state index contributed by atoms with van der Waals surface area (Å²) in [6, 6.07) is 13.1. The summed E-state index contributed by atoms with van der Waals surface area (Å²) in [6.07, 6.45) is 3.95. The van der Waals surface area contributed by atoms with Crippen LogP contribution < -0.4 is 5.32 Å². The molecule has 0 aromatic heterocycles. The molecule has 108 valence electrons. The van der Waals surface area contributed by atoms with Gasteiger partial charge in [0.15, 0.2) is 0 Å². The molecule has 0 saturated heterocycles. The lowest BCUT2D eigenvalue weighted by molar-refractivity contribution is 0.213. The highest BCUT2D eigenvalue weighted by molar-refractivity contribution is 5.36. The number of nitriles is 1. The summed E-state index contributed by atoms with van der Waals surface area (Å²) in [5.41, 5.74) is 0.867. The van der Waals surface area contributed by atoms with Gasteiger partial charge in [-0.1, -0.05) is 37.3 Å². The molecule has 1 aromatic rings. The van der Waals surface area contributed by atoms with Gasteiger partial charge < -0.3 is 10.4 Å². The van der Waals surface area contributed by atoms with Gasteiger partial charge in [-0.05, 0) is 43.7 Å². The second kappa shape index (κ2) is 6.88. The van der Waals surface area contributed by atoms with Crippen molar-refractivity contribution >= 4 is 0 Å². The largest absolute Gasteiger partial charge is 0.396 e. The Morgan fingerprint density at radius 2 is 2.10 bits per heavy atom. The second-order valence-corrected chi connectivity index (χ2v) is 6.05. The van der Waals surface area contributed by atoms with Crippen LogP contribution in [0.4, 0.5) is 0 Å². The topological polar surface area (TPSA) is 56.0 Å². The number of aliphatic hydroxyl groups excluding tert-OH is 1. The number of hydrogen-bond donors (Lipinski definition) is 2. The Kier molecular flexibility index (Phi) is 5.17. The van der Waals surface area contributed by atoms with E-state index in [1.807, 2.05) is 18.2 Å². The number of nitrogens with one attached hydrogen (secondary N) is 1. The maximum atomic E-state index is 9.48. The summed E-state index contributed by atoms with van der Waals surface area (Å²) in [5, 5.41) is 22.0. The first-order chi connectivity index (χ1) is 9.70. The van der Waals surface area contributed by atoms with Gasteiger partial charge in [0.1, 0.15) is 0 Å². The van der Waals surface area contributed by atoms with E-state index in [0.717, 1.165) is 37.8 Å². The maximum absolute atomic E-state index is 9.48. The Balaban J connectivity index is 1.74. The minimum atomic E-state index is -0.280. The normalized spacial score (nSPS) is 26.6. The maximum Gasteiger partial charge on any atom is 0.0852 e. The predicted octanol–water partition coefficient (Wildman–Crippen LogP) is 2.61. The zero-order valence-corrected chi connectivity index (χ0v) is 12.2. The molecule has 0 heterocycles. The molecule has 3 heteroatoms. The van der Waals surface area contributed by atoms with Crippen LogP contribution in [-0.2, 0) is 5.41 Å². The van der Waals surface area contributed by atoms with Gasteiger partial charge in [0.2, 0.25) is 0 Å². The number of rotatable bonds is 7. The molecule has 0 aliphatic heterocycles. The first-order valence-electron chi connectivity index (χ1n) is 7.51. The van der Waals surface area contributed by atoms with Crippen LogP contribution in [0.15, 0.2) is 30.3 Å². The Hall–Kier alpha value is -1.37. The van der Waals surface area contributed by atoms with Crippen LogP contribution in [0.5, 0.6) is 0 Å². The van der Waals surface area contributed by atoms with Crippen LogP contribution in [0.2, 0.25) is 0 Å². The van der Waals surface area contributed by atoms with E-state index in [-0.39, 0.29) is 12.0 Å². The van der Waals surface area contributed by atoms with E-state index < -0.39 is 0 Å². The van der Waals surface area contributed by atoms with E-state index in [1.54, 1.807) is 0 Å². The van der Waals surface area contributed by atoms with Crippen LogP contribution >= 0.6 is 0 Å². The third-order valence-electron chi connectivity index (χ3n) is 4.35. The summed E-state index contributed by atoms with van der Waals surface area (Å²) in [4.78, 5) is 0. The fourth-order valence-electron chi connectivity index (χ4n) is 2.92. The van der Waals surface area contributed by atoms with Crippen molar-refractivity contribution < 1.29 is 5.11 Å². The highest BCUT2D eigenvalue weighted by atomic mass is 16.3. The average Bonchev–Trinajstić information content (AvgIpc) is 2.46. The van der Waals surface area contributed by atoms with Gasteiger partial charge in [-0.2, -0.15) is 5.26 Å². The SMILES string of the molecule is CC(CO)CCCNC1CC(C#N)(c2ccccc2)C1. The van der Waals surface area contributed by atoms with Gasteiger partial charge >= 0.3 is 0 Å². The molecule has 0 amide bonds. The van der Waals surface area contributed by atoms with E-state index in [4.69, 9.17) is 5.11 Å². The first kappa shape index (κ1) is 15.0. The highest BCUT2D eigenvalue weighted by Gasteiger charge is 2.45. The van der Waals surface area contributed by atoms with Crippen molar-refractivity contribution in [3.8, 4) is 6.07 Å². The summed E-state index contributed by atoms with van der Waals surface area (Å²) >= 11 is 0. The Morgan fingerprint density at radius 1 is 1.40 bits per heavy atom. The van der Waals surface area contributed by atoms with Gasteiger partial charge in [-0.3, -0.25) is 0 Å². The number of hydrogen-bond acceptors (Lipinski definition) is 3. The zero-order chi connectivity index (χ0) is 14.4. The molecule has 0 radical (unpaired) electrons. The molecule has 1 aliphatic carbocycles. The molecular weight excluding hydrogens is 248 g/mol. The highest BCUT2D eigenvalue weighted by Crippen LogP contribution is 2.43. The molecule has 3 nitrogen and oxygen atoms in total. The van der Waals surface area contributed by atoms with E-state index in [0.29, 0.717) is 12.0 Å². The fourth-order valence-corrected chi connectivity index (χ4v) is 2.92. The van der Waals surface area contributed by atoms with Gasteiger partial charge in [-0.15, -0.1) is 0 Å². The average molecular weight is 272 g/mol. The number of nitrogens with zero attached hydrogens (tertiary/aromatic N) is 1. The Bertz CT molecular complexity index is 446. The summed E-state index contributed by atoms with van der Waals surface area (Å²) in [7, 11) is 0. The molecule has 1 unspecified atom stereocenters. The number of benzene rings is 1. The van der Waals surface area contributed by atoms with Crippen molar-refractivity contribution in [2.24, 2.45) is 5.92 Å². The quantitative estimate of drug-likeness (QED) is 0.750. The van der Waals surface area contributed by atoms with E-state index >= 15 is 0 Å². The molecule has 1 saturated carbocycles. The Labute approximate surface area is 121 Å². The molecule has 0 bridgehead atoms. The van der Waals surface area contributed by atoms with Crippen molar-refractivity contribution in [3.05, 3.63) is 35.9 Å². The lowest BCUT2D eigenvalue weighted by atomic mass is 9.62. The predicted molar refractivity (Wildman–Crippen MR) is 80.2 cm³/mol. The summed E-state index contributed by atoms with van der Waals surface area (Å²) in [5.74, 6) is 0.390. The van der Waals surface area contributed by atoms with Crippen LogP contribution in [0, 0.1) is 17.2 Å². The fraction of sp³-hybridized carbons (Fsp3) is 0.588. The van der Waals surface area contributed by atoms with Crippen LogP contribution in [0.25, 0.3) is 0 Å². The molecule has 1 aliphatic rings. The molecule has 1 atom stereocenters. The lowest BCUT2D eigenvalue weighted by Crippen LogP contribution is -2.51. The molecule has 2 N–H and O–H groups in total. The van der Waals surface area contributed by atoms with Crippen LogP contribution in [-0.4, -0.2) is 24.3 Å². The van der Waals surface area contributed by atoms with E-state index in [1.165, 1.54) is 0 Å². The van der Waals surface area contributed by atoms with Crippen LogP contribution in [0.3, 0.4) is 0 Å². The minimum absolute atomic E-state index is 0.273. The molecular formula is C17H24N2O. The zero-order valence-electron chi connectivity index (χ0n) is 12.2. The summed E-state index contributed by atoms with van der Waals surface area (Å²) in [6.45, 7) is 3.32. The van der Waals surface area contributed by atoms with Crippen molar-refractivity contribution in [2.45, 2.75) is 44.1 Å². The monoisotopic (exact) mass is 272 g/mol. The summed E-state index contributed by atoms with van der Waals surface area (Å²) < 4.78 is 0. The van der Waals surface area contributed by atoms with Gasteiger partial charge in [0.05, 0.1) is 11.5 Å². The molecule has 1 aromatic carbocycles. The standard InChI is InChI=1S/C17H24N2O/c1-14(12-20)6-5-9-19-16-10-17(11-16,13-18)15-7-3-2-4-8-15/h2-4,7-8,14,16,19-20H,5-6,9-12H2,1H3. The smallest absolute Gasteiger partial charge is 0.0852 e. The molecule has 0 spiro atoms. The van der Waals surface area contributed by atoms with Crippen molar-refractivity contribution in [1.29, 1.82) is 5.26 Å². The van der Waals surface area contributed by atoms with Crippen molar-refractivity contribution in [1.82, 2.24) is 5.32 Å². The second-order valence-electron chi connectivity index (χ2n) is 6.05. The number of aliphatic hydroxyl groups is 1. The lowest BCUT2D eigenvalue weighted by Gasteiger charge is -2.43. The van der Waals surface area contributed by atoms with Crippen LogP contribution in [0.1, 0.15) is 38.2 Å². The van der Waals surface area contributed by atoms with Gasteiger partial charge in [0, 0.05) is 12.6 Å². The van der Waals surface area contributed by atoms with Gasteiger partial charge in [0.25, 0.3) is 0 Å². The minimum Gasteiger partial charge on any atom is -0.396 e. The van der Waals surface area contributed by atoms with E-state index in [9.17, 15) is 5.26 Å². The van der Waals surface area contributed by atoms with E-state index in [2.05, 4.69) is 30.4 Å². The molecule has 1 fully saturated rings. The third kappa shape index (κ3) is 3.39. The molecule has 2 rings (SSSR count). The first-order valence-corrected chi connectivity index (χ1v) is 7.51. The van der Waals surface area contributed by atoms with Gasteiger partial charge in [-0.25, -0.2) is 0 Å².